The molecule has 1 N–H and O–H groups in total. The van der Waals surface area contributed by atoms with Crippen molar-refractivity contribution in [2.75, 3.05) is 10.2 Å². The third kappa shape index (κ3) is 4.00. The van der Waals surface area contributed by atoms with Gasteiger partial charge in [-0.3, -0.25) is 9.59 Å². The maximum Gasteiger partial charge on any atom is 0.338 e. The van der Waals surface area contributed by atoms with Crippen LogP contribution in [0.15, 0.2) is 48.5 Å². The summed E-state index contributed by atoms with van der Waals surface area (Å²) in [7, 11) is 0. The molecule has 27 heavy (non-hydrogen) atoms. The summed E-state index contributed by atoms with van der Waals surface area (Å²) in [5.74, 6) is -1.09. The van der Waals surface area contributed by atoms with Crippen LogP contribution in [0.1, 0.15) is 36.7 Å². The van der Waals surface area contributed by atoms with Crippen LogP contribution >= 0.6 is 0 Å². The third-order valence-corrected chi connectivity index (χ3v) is 4.49. The summed E-state index contributed by atoms with van der Waals surface area (Å²) in [5, 5.41) is 2.62. The molecule has 6 nitrogen and oxygen atoms in total. The van der Waals surface area contributed by atoms with Crippen molar-refractivity contribution in [3.8, 4) is 0 Å². The van der Waals surface area contributed by atoms with Crippen LogP contribution in [0, 0.1) is 0 Å². The zero-order chi connectivity index (χ0) is 19.6. The molecule has 3 rings (SSSR count). The summed E-state index contributed by atoms with van der Waals surface area (Å²) in [5.41, 5.74) is 2.75. The van der Waals surface area contributed by atoms with Crippen molar-refractivity contribution in [3.63, 3.8) is 0 Å². The molecule has 0 saturated carbocycles. The number of benzene rings is 2. The predicted molar refractivity (Wildman–Crippen MR) is 103 cm³/mol. The van der Waals surface area contributed by atoms with Gasteiger partial charge in [-0.1, -0.05) is 24.3 Å². The molecule has 0 aliphatic carbocycles. The lowest BCUT2D eigenvalue weighted by atomic mass is 10.1. The molecule has 0 aromatic heterocycles. The van der Waals surface area contributed by atoms with Crippen LogP contribution in [0.3, 0.4) is 0 Å². The topological polar surface area (TPSA) is 75.7 Å². The Morgan fingerprint density at radius 3 is 2.63 bits per heavy atom. The van der Waals surface area contributed by atoms with Crippen LogP contribution in [0.5, 0.6) is 0 Å². The lowest BCUT2D eigenvalue weighted by molar-refractivity contribution is -0.126. The number of hydrogen-bond donors (Lipinski definition) is 1. The fraction of sp³-hybridized carbons (Fsp3) is 0.286. The number of hydrogen-bond acceptors (Lipinski definition) is 4. The summed E-state index contributed by atoms with van der Waals surface area (Å²) < 4.78 is 5.39. The fourth-order valence-corrected chi connectivity index (χ4v) is 3.30. The smallest absolute Gasteiger partial charge is 0.338 e. The Labute approximate surface area is 158 Å². The minimum absolute atomic E-state index is 0.0131. The monoisotopic (exact) mass is 366 g/mol. The van der Waals surface area contributed by atoms with Gasteiger partial charge in [0.2, 0.25) is 5.91 Å². The molecule has 2 aromatic carbocycles. The number of carbonyl (C=O) groups is 3. The first-order valence-electron chi connectivity index (χ1n) is 8.86. The maximum absolute atomic E-state index is 12.9. The SMILES string of the molecule is CC(=O)Nc1cccc(C(=O)OC(C)C(=O)N2c3ccccc3CC2C)c1. The predicted octanol–water partition coefficient (Wildman–Crippen LogP) is 3.17. The van der Waals surface area contributed by atoms with Crippen LogP contribution in [0.2, 0.25) is 0 Å². The number of ether oxygens (including phenoxy) is 1. The molecular weight excluding hydrogens is 344 g/mol. The minimum atomic E-state index is -0.921. The van der Waals surface area contributed by atoms with Gasteiger partial charge in [-0.05, 0) is 50.1 Å². The maximum atomic E-state index is 12.9. The van der Waals surface area contributed by atoms with E-state index in [4.69, 9.17) is 4.74 Å². The highest BCUT2D eigenvalue weighted by molar-refractivity contribution is 6.01. The molecule has 2 atom stereocenters. The third-order valence-electron chi connectivity index (χ3n) is 4.49. The molecule has 1 aliphatic rings. The molecule has 0 bridgehead atoms. The lowest BCUT2D eigenvalue weighted by Crippen LogP contribution is -2.43. The van der Waals surface area contributed by atoms with Crippen LogP contribution in [-0.2, 0) is 20.7 Å². The summed E-state index contributed by atoms with van der Waals surface area (Å²) in [4.78, 5) is 38.2. The van der Waals surface area contributed by atoms with Gasteiger partial charge in [0.25, 0.3) is 5.91 Å². The zero-order valence-electron chi connectivity index (χ0n) is 15.6. The highest BCUT2D eigenvalue weighted by Crippen LogP contribution is 2.32. The van der Waals surface area contributed by atoms with E-state index in [-0.39, 0.29) is 23.4 Å². The van der Waals surface area contributed by atoms with E-state index in [9.17, 15) is 14.4 Å². The van der Waals surface area contributed by atoms with Gasteiger partial charge in [0, 0.05) is 24.3 Å². The number of amides is 2. The highest BCUT2D eigenvalue weighted by atomic mass is 16.5. The number of rotatable bonds is 4. The molecule has 0 fully saturated rings. The van der Waals surface area contributed by atoms with Gasteiger partial charge < -0.3 is 15.0 Å². The Bertz CT molecular complexity index is 893. The standard InChI is InChI=1S/C21H22N2O4/c1-13-11-16-7-4-5-10-19(16)23(13)20(25)14(2)27-21(26)17-8-6-9-18(12-17)22-15(3)24/h4-10,12-14H,11H2,1-3H3,(H,22,24). The van der Waals surface area contributed by atoms with E-state index in [2.05, 4.69) is 5.32 Å². The second-order valence-corrected chi connectivity index (χ2v) is 6.70. The van der Waals surface area contributed by atoms with Crippen molar-refractivity contribution in [3.05, 3.63) is 59.7 Å². The van der Waals surface area contributed by atoms with E-state index in [1.54, 1.807) is 30.0 Å². The van der Waals surface area contributed by atoms with Crippen molar-refractivity contribution >= 4 is 29.2 Å². The molecule has 140 valence electrons. The largest absolute Gasteiger partial charge is 0.449 e. The Hall–Kier alpha value is -3.15. The summed E-state index contributed by atoms with van der Waals surface area (Å²) in [6.45, 7) is 4.94. The molecule has 2 unspecified atom stereocenters. The number of esters is 1. The van der Waals surface area contributed by atoms with E-state index < -0.39 is 12.1 Å². The second kappa shape index (κ2) is 7.61. The van der Waals surface area contributed by atoms with Gasteiger partial charge in [-0.15, -0.1) is 0 Å². The minimum Gasteiger partial charge on any atom is -0.449 e. The second-order valence-electron chi connectivity index (χ2n) is 6.70. The quantitative estimate of drug-likeness (QED) is 0.844. The summed E-state index contributed by atoms with van der Waals surface area (Å²) in [6.07, 6.45) is -0.142. The van der Waals surface area contributed by atoms with Gasteiger partial charge in [0.1, 0.15) is 0 Å². The summed E-state index contributed by atoms with van der Waals surface area (Å²) in [6, 6.07) is 14.2. The molecule has 0 spiro atoms. The van der Waals surface area contributed by atoms with Crippen LogP contribution in [0.4, 0.5) is 11.4 Å². The first-order chi connectivity index (χ1) is 12.9. The molecular formula is C21H22N2O4. The molecule has 1 heterocycles. The first-order valence-corrected chi connectivity index (χ1v) is 8.86. The van der Waals surface area contributed by atoms with Crippen LogP contribution < -0.4 is 10.2 Å². The van der Waals surface area contributed by atoms with E-state index in [0.717, 1.165) is 17.7 Å². The van der Waals surface area contributed by atoms with Crippen molar-refractivity contribution in [1.82, 2.24) is 0 Å². The first kappa shape index (κ1) is 18.6. The van der Waals surface area contributed by atoms with Crippen molar-refractivity contribution in [2.45, 2.75) is 39.3 Å². The number of anilines is 2. The molecule has 2 amide bonds. The number of fused-ring (bicyclic) bond motifs is 1. The van der Waals surface area contributed by atoms with Crippen molar-refractivity contribution in [1.29, 1.82) is 0 Å². The average molecular weight is 366 g/mol. The van der Waals surface area contributed by atoms with E-state index in [1.165, 1.54) is 13.0 Å². The van der Waals surface area contributed by atoms with Gasteiger partial charge in [-0.2, -0.15) is 0 Å². The Balaban J connectivity index is 1.72. The Morgan fingerprint density at radius 2 is 1.89 bits per heavy atom. The van der Waals surface area contributed by atoms with Crippen LogP contribution in [-0.4, -0.2) is 29.9 Å². The van der Waals surface area contributed by atoms with Crippen molar-refractivity contribution in [2.24, 2.45) is 0 Å². The van der Waals surface area contributed by atoms with E-state index in [0.29, 0.717) is 5.69 Å². The molecule has 6 heteroatoms. The number of para-hydroxylation sites is 1. The highest BCUT2D eigenvalue weighted by Gasteiger charge is 2.34. The van der Waals surface area contributed by atoms with Crippen LogP contribution in [0.25, 0.3) is 0 Å². The Kier molecular flexibility index (Phi) is 5.26. The molecule has 1 aliphatic heterocycles. The van der Waals surface area contributed by atoms with Gasteiger partial charge in [-0.25, -0.2) is 4.79 Å². The van der Waals surface area contributed by atoms with Crippen molar-refractivity contribution < 1.29 is 19.1 Å². The molecule has 0 radical (unpaired) electrons. The number of nitrogens with one attached hydrogen (secondary N) is 1. The van der Waals surface area contributed by atoms with Gasteiger partial charge in [0.15, 0.2) is 6.10 Å². The lowest BCUT2D eigenvalue weighted by Gasteiger charge is -2.26. The summed E-state index contributed by atoms with van der Waals surface area (Å²) >= 11 is 0. The van der Waals surface area contributed by atoms with Gasteiger partial charge in [0.05, 0.1) is 5.56 Å². The van der Waals surface area contributed by atoms with E-state index in [1.807, 2.05) is 31.2 Å². The normalized spacial score (nSPS) is 16.4. The number of carbonyl (C=O) groups excluding carboxylic acids is 3. The molecule has 2 aromatic rings. The van der Waals surface area contributed by atoms with E-state index >= 15 is 0 Å². The Morgan fingerprint density at radius 1 is 1.15 bits per heavy atom. The zero-order valence-corrected chi connectivity index (χ0v) is 15.6. The fourth-order valence-electron chi connectivity index (χ4n) is 3.30. The number of nitrogens with zero attached hydrogens (tertiary/aromatic N) is 1. The van der Waals surface area contributed by atoms with Gasteiger partial charge >= 0.3 is 5.97 Å². The molecule has 0 saturated heterocycles. The average Bonchev–Trinajstić information content (AvgIpc) is 2.96.